The Labute approximate surface area is 133 Å². The van der Waals surface area contributed by atoms with Crippen molar-refractivity contribution < 1.29 is 9.59 Å². The number of hydrazine groups is 1. The van der Waals surface area contributed by atoms with Gasteiger partial charge < -0.3 is 0 Å². The Morgan fingerprint density at radius 1 is 1.09 bits per heavy atom. The van der Waals surface area contributed by atoms with Crippen molar-refractivity contribution in [1.29, 1.82) is 0 Å². The highest BCUT2D eigenvalue weighted by Gasteiger charge is 2.34. The molecule has 1 fully saturated rings. The molecule has 1 N–H and O–H groups in total. The van der Waals surface area contributed by atoms with Crippen molar-refractivity contribution in [2.75, 3.05) is 5.01 Å². The van der Waals surface area contributed by atoms with E-state index in [4.69, 9.17) is 11.6 Å². The van der Waals surface area contributed by atoms with Crippen molar-refractivity contribution in [3.05, 3.63) is 70.3 Å². The molecular formula is C17H13ClN2O2. The van der Waals surface area contributed by atoms with Gasteiger partial charge in [-0.2, -0.15) is 0 Å². The largest absolute Gasteiger partial charge is 0.282 e. The predicted octanol–water partition coefficient (Wildman–Crippen LogP) is 3.11. The highest BCUT2D eigenvalue weighted by atomic mass is 35.5. The van der Waals surface area contributed by atoms with E-state index in [0.29, 0.717) is 10.7 Å². The summed E-state index contributed by atoms with van der Waals surface area (Å²) in [5.41, 5.74) is 5.07. The maximum Gasteiger partial charge on any atom is 0.282 e. The highest BCUT2D eigenvalue weighted by Crippen LogP contribution is 2.22. The summed E-state index contributed by atoms with van der Waals surface area (Å²) in [5, 5.41) is 1.86. The van der Waals surface area contributed by atoms with Crippen molar-refractivity contribution in [3.63, 3.8) is 0 Å². The third-order valence-corrected chi connectivity index (χ3v) is 3.58. The summed E-state index contributed by atoms with van der Waals surface area (Å²) >= 11 is 5.83. The van der Waals surface area contributed by atoms with Gasteiger partial charge >= 0.3 is 0 Å². The summed E-state index contributed by atoms with van der Waals surface area (Å²) in [6.45, 7) is 1.93. The second-order valence-corrected chi connectivity index (χ2v) is 5.47. The molecule has 0 bridgehead atoms. The van der Waals surface area contributed by atoms with Crippen LogP contribution in [0.1, 0.15) is 11.1 Å². The van der Waals surface area contributed by atoms with Gasteiger partial charge in [-0.05, 0) is 48.4 Å². The molecule has 1 heterocycles. The number of rotatable bonds is 2. The van der Waals surface area contributed by atoms with Crippen LogP contribution in [0.25, 0.3) is 6.08 Å². The first kappa shape index (κ1) is 14.4. The van der Waals surface area contributed by atoms with Gasteiger partial charge in [0.05, 0.1) is 5.69 Å². The number of aryl methyl sites for hydroxylation is 1. The van der Waals surface area contributed by atoms with E-state index in [0.717, 1.165) is 11.1 Å². The average molecular weight is 313 g/mol. The first-order valence-corrected chi connectivity index (χ1v) is 7.12. The van der Waals surface area contributed by atoms with Crippen molar-refractivity contribution in [2.45, 2.75) is 6.92 Å². The van der Waals surface area contributed by atoms with Gasteiger partial charge in [0.2, 0.25) is 0 Å². The summed E-state index contributed by atoms with van der Waals surface area (Å²) < 4.78 is 0. The molecule has 2 aromatic rings. The van der Waals surface area contributed by atoms with E-state index in [1.807, 2.05) is 25.1 Å². The second kappa shape index (κ2) is 5.66. The van der Waals surface area contributed by atoms with Crippen LogP contribution in [-0.4, -0.2) is 11.8 Å². The van der Waals surface area contributed by atoms with E-state index in [9.17, 15) is 9.59 Å². The predicted molar refractivity (Wildman–Crippen MR) is 86.2 cm³/mol. The third kappa shape index (κ3) is 2.73. The van der Waals surface area contributed by atoms with E-state index in [2.05, 4.69) is 5.43 Å². The van der Waals surface area contributed by atoms with Crippen LogP contribution in [0.2, 0.25) is 5.02 Å². The molecule has 0 spiro atoms. The van der Waals surface area contributed by atoms with Crippen molar-refractivity contribution in [1.82, 2.24) is 5.43 Å². The van der Waals surface area contributed by atoms with E-state index < -0.39 is 5.91 Å². The van der Waals surface area contributed by atoms with E-state index in [-0.39, 0.29) is 11.5 Å². The minimum Gasteiger partial charge on any atom is -0.267 e. The Bertz CT molecular complexity index is 782. The molecule has 3 rings (SSSR count). The molecule has 1 saturated heterocycles. The molecule has 22 heavy (non-hydrogen) atoms. The molecule has 0 aliphatic carbocycles. The summed E-state index contributed by atoms with van der Waals surface area (Å²) in [6, 6.07) is 14.3. The molecule has 2 amide bonds. The smallest absolute Gasteiger partial charge is 0.267 e. The van der Waals surface area contributed by atoms with Crippen LogP contribution in [0.3, 0.4) is 0 Å². The maximum absolute atomic E-state index is 12.4. The standard InChI is InChI=1S/C17H13ClN2O2/c1-11-3-2-4-14(9-11)20-17(22)15(16(21)19-20)10-12-5-7-13(18)8-6-12/h2-10H,1H3,(H,19,21)/b15-10+. The molecule has 110 valence electrons. The lowest BCUT2D eigenvalue weighted by Gasteiger charge is -2.14. The molecule has 0 saturated carbocycles. The quantitative estimate of drug-likeness (QED) is 0.684. The summed E-state index contributed by atoms with van der Waals surface area (Å²) in [6.07, 6.45) is 1.56. The molecule has 1 aliphatic heterocycles. The summed E-state index contributed by atoms with van der Waals surface area (Å²) in [7, 11) is 0. The second-order valence-electron chi connectivity index (χ2n) is 5.03. The number of benzene rings is 2. The summed E-state index contributed by atoms with van der Waals surface area (Å²) in [4.78, 5) is 24.5. The SMILES string of the molecule is Cc1cccc(N2NC(=O)/C(=C\c3ccc(Cl)cc3)C2=O)c1. The Balaban J connectivity index is 1.93. The lowest BCUT2D eigenvalue weighted by molar-refractivity contribution is -0.117. The van der Waals surface area contributed by atoms with Crippen LogP contribution >= 0.6 is 11.6 Å². The monoisotopic (exact) mass is 312 g/mol. The fourth-order valence-corrected chi connectivity index (χ4v) is 2.36. The van der Waals surface area contributed by atoms with Crippen molar-refractivity contribution >= 4 is 35.2 Å². The number of hydrogen-bond donors (Lipinski definition) is 1. The highest BCUT2D eigenvalue weighted by molar-refractivity contribution is 6.32. The third-order valence-electron chi connectivity index (χ3n) is 3.33. The number of amides is 2. The Kier molecular flexibility index (Phi) is 3.69. The molecule has 0 atom stereocenters. The van der Waals surface area contributed by atoms with Crippen molar-refractivity contribution in [2.24, 2.45) is 0 Å². The minimum absolute atomic E-state index is 0.101. The van der Waals surface area contributed by atoms with Gasteiger partial charge in [0.25, 0.3) is 11.8 Å². The van der Waals surface area contributed by atoms with E-state index in [1.165, 1.54) is 5.01 Å². The zero-order chi connectivity index (χ0) is 15.7. The van der Waals surface area contributed by atoms with Crippen molar-refractivity contribution in [3.8, 4) is 0 Å². The first-order chi connectivity index (χ1) is 10.5. The molecule has 0 aromatic heterocycles. The average Bonchev–Trinajstić information content (AvgIpc) is 2.77. The van der Waals surface area contributed by atoms with Gasteiger partial charge in [-0.3, -0.25) is 15.0 Å². The first-order valence-electron chi connectivity index (χ1n) is 6.74. The number of nitrogens with zero attached hydrogens (tertiary/aromatic N) is 1. The van der Waals surface area contributed by atoms with Gasteiger partial charge in [-0.25, -0.2) is 5.01 Å². The maximum atomic E-state index is 12.4. The Hall–Kier alpha value is -2.59. The van der Waals surface area contributed by atoms with Crippen LogP contribution in [0.5, 0.6) is 0 Å². The molecule has 0 radical (unpaired) electrons. The van der Waals surface area contributed by atoms with Crippen LogP contribution < -0.4 is 10.4 Å². The molecule has 2 aromatic carbocycles. The topological polar surface area (TPSA) is 49.4 Å². The van der Waals surface area contributed by atoms with Gasteiger partial charge in [0.1, 0.15) is 5.57 Å². The Morgan fingerprint density at radius 2 is 1.82 bits per heavy atom. The molecule has 0 unspecified atom stereocenters. The Morgan fingerprint density at radius 3 is 2.50 bits per heavy atom. The van der Waals surface area contributed by atoms with Gasteiger partial charge in [0.15, 0.2) is 0 Å². The van der Waals surface area contributed by atoms with Crippen LogP contribution in [0, 0.1) is 6.92 Å². The number of halogens is 1. The van der Waals surface area contributed by atoms with Gasteiger partial charge in [0, 0.05) is 5.02 Å². The van der Waals surface area contributed by atoms with Gasteiger partial charge in [-0.15, -0.1) is 0 Å². The lowest BCUT2D eigenvalue weighted by atomic mass is 10.1. The van der Waals surface area contributed by atoms with Gasteiger partial charge in [-0.1, -0.05) is 35.9 Å². The molecule has 4 nitrogen and oxygen atoms in total. The fraction of sp³-hybridized carbons (Fsp3) is 0.0588. The molecule has 1 aliphatic rings. The van der Waals surface area contributed by atoms with Crippen LogP contribution in [0.15, 0.2) is 54.1 Å². The number of nitrogens with one attached hydrogen (secondary N) is 1. The summed E-state index contributed by atoms with van der Waals surface area (Å²) in [5.74, 6) is -0.785. The zero-order valence-corrected chi connectivity index (χ0v) is 12.6. The van der Waals surface area contributed by atoms with Crippen LogP contribution in [-0.2, 0) is 9.59 Å². The number of hydrogen-bond acceptors (Lipinski definition) is 2. The number of carbonyl (C=O) groups excluding carboxylic acids is 2. The normalized spacial score (nSPS) is 16.3. The zero-order valence-electron chi connectivity index (χ0n) is 11.8. The molecule has 5 heteroatoms. The fourth-order valence-electron chi connectivity index (χ4n) is 2.23. The van der Waals surface area contributed by atoms with Crippen LogP contribution in [0.4, 0.5) is 5.69 Å². The van der Waals surface area contributed by atoms with E-state index >= 15 is 0 Å². The lowest BCUT2D eigenvalue weighted by Crippen LogP contribution is -2.35. The molecular weight excluding hydrogens is 300 g/mol. The number of anilines is 1. The minimum atomic E-state index is -0.415. The van der Waals surface area contributed by atoms with E-state index in [1.54, 1.807) is 36.4 Å². The number of carbonyl (C=O) groups is 2.